The molecule has 0 heterocycles. The van der Waals surface area contributed by atoms with Crippen LogP contribution in [0, 0.1) is 20.2 Å². The first-order valence-electron chi connectivity index (χ1n) is 6.54. The predicted molar refractivity (Wildman–Crippen MR) is 87.9 cm³/mol. The van der Waals surface area contributed by atoms with E-state index in [9.17, 15) is 30.1 Å². The van der Waals surface area contributed by atoms with Crippen LogP contribution in [0.1, 0.15) is 15.9 Å². The van der Waals surface area contributed by atoms with Gasteiger partial charge in [-0.15, -0.1) is 0 Å². The quantitative estimate of drug-likeness (QED) is 0.473. The summed E-state index contributed by atoms with van der Waals surface area (Å²) in [6.07, 6.45) is 1.26. The minimum Gasteiger partial charge on any atom is -0.502 e. The number of rotatable bonds is 5. The normalized spacial score (nSPS) is 10.6. The van der Waals surface area contributed by atoms with Gasteiger partial charge in [0.1, 0.15) is 0 Å². The zero-order chi connectivity index (χ0) is 18.6. The molecule has 0 bridgehead atoms. The van der Waals surface area contributed by atoms with Gasteiger partial charge in [-0.2, -0.15) is 5.10 Å². The molecule has 0 aliphatic heterocycles. The summed E-state index contributed by atoms with van der Waals surface area (Å²) in [5, 5.41) is 35.6. The molecule has 2 aromatic rings. The molecular formula is C14H9ClN4O6. The van der Waals surface area contributed by atoms with Crippen LogP contribution in [-0.2, 0) is 0 Å². The van der Waals surface area contributed by atoms with E-state index in [1.165, 1.54) is 6.21 Å². The van der Waals surface area contributed by atoms with Gasteiger partial charge in [0.2, 0.25) is 5.75 Å². The number of hydrogen-bond acceptors (Lipinski definition) is 7. The first kappa shape index (κ1) is 17.8. The minimum absolute atomic E-state index is 0.509. The van der Waals surface area contributed by atoms with E-state index in [2.05, 4.69) is 5.10 Å². The van der Waals surface area contributed by atoms with Crippen molar-refractivity contribution in [2.75, 3.05) is 0 Å². The number of benzene rings is 2. The Balaban J connectivity index is 2.27. The molecule has 0 atom stereocenters. The second kappa shape index (κ2) is 7.36. The van der Waals surface area contributed by atoms with E-state index in [0.29, 0.717) is 16.7 Å². The van der Waals surface area contributed by atoms with Gasteiger partial charge in [0.25, 0.3) is 11.6 Å². The predicted octanol–water partition coefficient (Wildman–Crippen LogP) is 2.63. The molecule has 0 radical (unpaired) electrons. The Bertz CT molecular complexity index is 882. The summed E-state index contributed by atoms with van der Waals surface area (Å²) in [5.41, 5.74) is 0.310. The molecule has 0 saturated heterocycles. The molecule has 128 valence electrons. The molecule has 0 aliphatic carbocycles. The maximum Gasteiger partial charge on any atom is 0.318 e. The molecule has 25 heavy (non-hydrogen) atoms. The molecule has 1 amide bonds. The van der Waals surface area contributed by atoms with Crippen LogP contribution in [0.15, 0.2) is 41.5 Å². The summed E-state index contributed by atoms with van der Waals surface area (Å²) in [4.78, 5) is 31.7. The van der Waals surface area contributed by atoms with E-state index < -0.39 is 38.4 Å². The highest BCUT2D eigenvalue weighted by Gasteiger charge is 2.27. The van der Waals surface area contributed by atoms with Gasteiger partial charge in [0.05, 0.1) is 27.7 Å². The van der Waals surface area contributed by atoms with Crippen molar-refractivity contribution < 1.29 is 19.7 Å². The molecule has 2 rings (SSSR count). The van der Waals surface area contributed by atoms with Crippen LogP contribution in [0.3, 0.4) is 0 Å². The zero-order valence-electron chi connectivity index (χ0n) is 12.2. The van der Waals surface area contributed by atoms with Crippen LogP contribution in [0.2, 0.25) is 5.02 Å². The first-order chi connectivity index (χ1) is 11.8. The fourth-order valence-corrected chi connectivity index (χ4v) is 1.92. The molecule has 0 aromatic heterocycles. The van der Waals surface area contributed by atoms with Crippen LogP contribution < -0.4 is 5.43 Å². The van der Waals surface area contributed by atoms with Gasteiger partial charge >= 0.3 is 5.69 Å². The van der Waals surface area contributed by atoms with Crippen LogP contribution in [0.5, 0.6) is 5.75 Å². The van der Waals surface area contributed by atoms with Crippen LogP contribution in [-0.4, -0.2) is 27.1 Å². The topological polar surface area (TPSA) is 148 Å². The zero-order valence-corrected chi connectivity index (χ0v) is 13.0. The highest BCUT2D eigenvalue weighted by Crippen LogP contribution is 2.34. The number of carbonyl (C=O) groups is 1. The molecule has 0 unspecified atom stereocenters. The smallest absolute Gasteiger partial charge is 0.318 e. The summed E-state index contributed by atoms with van der Waals surface area (Å²) in [6.45, 7) is 0. The number of aromatic hydroxyl groups is 1. The number of nitrogens with zero attached hydrogens (tertiary/aromatic N) is 3. The Labute approximate surface area is 144 Å². The number of phenols is 1. The Kier molecular flexibility index (Phi) is 5.25. The monoisotopic (exact) mass is 364 g/mol. The van der Waals surface area contributed by atoms with E-state index >= 15 is 0 Å². The lowest BCUT2D eigenvalue weighted by Gasteiger charge is -2.04. The number of nitro benzene ring substituents is 2. The highest BCUT2D eigenvalue weighted by molar-refractivity contribution is 6.30. The van der Waals surface area contributed by atoms with Gasteiger partial charge in [-0.05, 0) is 17.7 Å². The van der Waals surface area contributed by atoms with Crippen LogP contribution >= 0.6 is 11.6 Å². The van der Waals surface area contributed by atoms with Gasteiger partial charge in [-0.1, -0.05) is 23.7 Å². The fourth-order valence-electron chi connectivity index (χ4n) is 1.80. The number of nitrogens with one attached hydrogen (secondary N) is 1. The molecule has 2 aromatic carbocycles. The summed E-state index contributed by atoms with van der Waals surface area (Å²) < 4.78 is 0. The van der Waals surface area contributed by atoms with Crippen molar-refractivity contribution in [3.8, 4) is 5.75 Å². The SMILES string of the molecule is O=C(N/N=C/c1ccc(Cl)cc1)c1cc([N+](=O)[O-])cc([N+](=O)[O-])c1O. The highest BCUT2D eigenvalue weighted by atomic mass is 35.5. The first-order valence-corrected chi connectivity index (χ1v) is 6.92. The molecular weight excluding hydrogens is 356 g/mol. The standard InChI is InChI=1S/C14H9ClN4O6/c15-9-3-1-8(2-4-9)7-16-17-14(21)11-5-10(18(22)23)6-12(13(11)20)19(24)25/h1-7,20H,(H,17,21)/b16-7+. The third-order valence-electron chi connectivity index (χ3n) is 2.98. The lowest BCUT2D eigenvalue weighted by Crippen LogP contribution is -2.18. The van der Waals surface area contributed by atoms with Crippen LogP contribution in [0.4, 0.5) is 11.4 Å². The summed E-state index contributed by atoms with van der Waals surface area (Å²) >= 11 is 5.72. The number of halogens is 1. The van der Waals surface area contributed by atoms with Gasteiger partial charge in [-0.3, -0.25) is 25.0 Å². The molecule has 2 N–H and O–H groups in total. The lowest BCUT2D eigenvalue weighted by molar-refractivity contribution is -0.394. The second-order valence-electron chi connectivity index (χ2n) is 4.63. The summed E-state index contributed by atoms with van der Waals surface area (Å²) in [6, 6.07) is 7.71. The Morgan fingerprint density at radius 2 is 1.80 bits per heavy atom. The van der Waals surface area contributed by atoms with Gasteiger partial charge in [-0.25, -0.2) is 5.43 Å². The molecule has 10 nitrogen and oxygen atoms in total. The molecule has 0 fully saturated rings. The van der Waals surface area contributed by atoms with Crippen molar-refractivity contribution in [2.24, 2.45) is 5.10 Å². The number of carbonyl (C=O) groups excluding carboxylic acids is 1. The van der Waals surface area contributed by atoms with Gasteiger partial charge in [0.15, 0.2) is 0 Å². The van der Waals surface area contributed by atoms with Crippen LogP contribution in [0.25, 0.3) is 0 Å². The van der Waals surface area contributed by atoms with Crippen molar-refractivity contribution in [2.45, 2.75) is 0 Å². The number of phenolic OH excluding ortho intramolecular Hbond substituents is 1. The van der Waals surface area contributed by atoms with Gasteiger partial charge < -0.3 is 5.11 Å². The number of amides is 1. The average molecular weight is 365 g/mol. The minimum atomic E-state index is -1.05. The Morgan fingerprint density at radius 3 is 2.36 bits per heavy atom. The van der Waals surface area contributed by atoms with Gasteiger partial charge in [0, 0.05) is 11.1 Å². The fraction of sp³-hybridized carbons (Fsp3) is 0. The maximum absolute atomic E-state index is 12.0. The number of hydrazone groups is 1. The molecule has 0 aliphatic rings. The van der Waals surface area contributed by atoms with E-state index in [0.717, 1.165) is 6.07 Å². The molecule has 0 saturated carbocycles. The van der Waals surface area contributed by atoms with E-state index in [4.69, 9.17) is 11.6 Å². The maximum atomic E-state index is 12.0. The average Bonchev–Trinajstić information content (AvgIpc) is 2.56. The van der Waals surface area contributed by atoms with Crippen molar-refractivity contribution in [1.82, 2.24) is 5.43 Å². The van der Waals surface area contributed by atoms with E-state index in [-0.39, 0.29) is 0 Å². The third-order valence-corrected chi connectivity index (χ3v) is 3.23. The summed E-state index contributed by atoms with van der Waals surface area (Å²) in [7, 11) is 0. The van der Waals surface area contributed by atoms with Crippen molar-refractivity contribution in [3.05, 3.63) is 72.8 Å². The van der Waals surface area contributed by atoms with E-state index in [1.54, 1.807) is 24.3 Å². The van der Waals surface area contributed by atoms with Crippen molar-refractivity contribution in [3.63, 3.8) is 0 Å². The molecule has 0 spiro atoms. The second-order valence-corrected chi connectivity index (χ2v) is 5.06. The van der Waals surface area contributed by atoms with E-state index in [1.807, 2.05) is 5.43 Å². The Morgan fingerprint density at radius 1 is 1.16 bits per heavy atom. The van der Waals surface area contributed by atoms with Crippen molar-refractivity contribution in [1.29, 1.82) is 0 Å². The lowest BCUT2D eigenvalue weighted by atomic mass is 10.1. The summed E-state index contributed by atoms with van der Waals surface area (Å²) in [5.74, 6) is -2.04. The number of non-ortho nitro benzene ring substituents is 1. The Hall–Kier alpha value is -3.53. The van der Waals surface area contributed by atoms with Crippen molar-refractivity contribution >= 4 is 35.1 Å². The largest absolute Gasteiger partial charge is 0.502 e. The third kappa shape index (κ3) is 4.26. The molecule has 11 heteroatoms. The number of hydrogen-bond donors (Lipinski definition) is 2. The number of nitro groups is 2.